The van der Waals surface area contributed by atoms with Crippen molar-refractivity contribution < 1.29 is 0 Å². The fourth-order valence-corrected chi connectivity index (χ4v) is 2.30. The highest BCUT2D eigenvalue weighted by Gasteiger charge is 2.20. The maximum absolute atomic E-state index is 4.47. The minimum Gasteiger partial charge on any atom is -0.337 e. The molecule has 82 valence electrons. The molecule has 0 fully saturated rings. The predicted octanol–water partition coefficient (Wildman–Crippen LogP) is 2.26. The number of imidazole rings is 2. The van der Waals surface area contributed by atoms with Gasteiger partial charge >= 0.3 is 0 Å². The van der Waals surface area contributed by atoms with E-state index in [4.69, 9.17) is 0 Å². The van der Waals surface area contributed by atoms with Crippen LogP contribution in [0, 0.1) is 0 Å². The summed E-state index contributed by atoms with van der Waals surface area (Å²) in [6.45, 7) is 2.23. The Morgan fingerprint density at radius 1 is 1.38 bits per heavy atom. The molecule has 2 aromatic heterocycles. The highest BCUT2D eigenvalue weighted by Crippen LogP contribution is 2.30. The fourth-order valence-electron chi connectivity index (χ4n) is 2.30. The molecule has 4 heteroatoms. The van der Waals surface area contributed by atoms with Crippen LogP contribution in [0.1, 0.15) is 25.0 Å². The van der Waals surface area contributed by atoms with Gasteiger partial charge in [-0.15, -0.1) is 0 Å². The molecule has 1 aliphatic rings. The third kappa shape index (κ3) is 1.23. The lowest BCUT2D eigenvalue weighted by Gasteiger charge is -2.15. The van der Waals surface area contributed by atoms with Crippen molar-refractivity contribution in [2.75, 3.05) is 0 Å². The van der Waals surface area contributed by atoms with Crippen LogP contribution in [0.4, 0.5) is 0 Å². The molecule has 0 saturated carbocycles. The van der Waals surface area contributed by atoms with Crippen LogP contribution in [0.15, 0.2) is 24.8 Å². The molecule has 0 N–H and O–H groups in total. The van der Waals surface area contributed by atoms with Crippen molar-refractivity contribution >= 4 is 6.20 Å². The first-order valence-corrected chi connectivity index (χ1v) is 5.48. The topological polar surface area (TPSA) is 35.6 Å². The van der Waals surface area contributed by atoms with Gasteiger partial charge in [0.2, 0.25) is 0 Å². The molecule has 16 heavy (non-hydrogen) atoms. The van der Waals surface area contributed by atoms with Crippen LogP contribution < -0.4 is 0 Å². The van der Waals surface area contributed by atoms with E-state index in [-0.39, 0.29) is 0 Å². The van der Waals surface area contributed by atoms with Crippen molar-refractivity contribution in [3.63, 3.8) is 0 Å². The molecule has 2 aromatic rings. The minimum absolute atomic E-state index is 0.476. The zero-order chi connectivity index (χ0) is 11.1. The van der Waals surface area contributed by atoms with E-state index < -0.39 is 0 Å². The molecule has 0 amide bonds. The molecule has 1 unspecified atom stereocenters. The number of hydrogen-bond acceptors (Lipinski definition) is 2. The van der Waals surface area contributed by atoms with Crippen LogP contribution in [0.2, 0.25) is 0 Å². The summed E-state index contributed by atoms with van der Waals surface area (Å²) < 4.78 is 4.12. The average Bonchev–Trinajstić information content (AvgIpc) is 2.81. The van der Waals surface area contributed by atoms with Crippen molar-refractivity contribution in [1.29, 1.82) is 0 Å². The van der Waals surface area contributed by atoms with E-state index >= 15 is 0 Å². The second kappa shape index (κ2) is 3.33. The van der Waals surface area contributed by atoms with E-state index in [2.05, 4.69) is 33.7 Å². The zero-order valence-electron chi connectivity index (χ0n) is 9.46. The lowest BCUT2D eigenvalue weighted by Crippen LogP contribution is -2.05. The summed E-state index contributed by atoms with van der Waals surface area (Å²) in [5.41, 5.74) is 2.26. The number of rotatable bonds is 0. The lowest BCUT2D eigenvalue weighted by atomic mass is 10.0. The molecular weight excluding hydrogens is 200 g/mol. The summed E-state index contributed by atoms with van der Waals surface area (Å²) >= 11 is 0. The maximum Gasteiger partial charge on any atom is 0.164 e. The summed E-state index contributed by atoms with van der Waals surface area (Å²) in [6, 6.07) is 0. The molecule has 0 radical (unpaired) electrons. The Bertz CT molecular complexity index is 547. The molecule has 3 heterocycles. The van der Waals surface area contributed by atoms with Gasteiger partial charge in [0.1, 0.15) is 5.69 Å². The molecule has 3 rings (SSSR count). The maximum atomic E-state index is 4.47. The van der Waals surface area contributed by atoms with Gasteiger partial charge in [0.05, 0.1) is 12.0 Å². The van der Waals surface area contributed by atoms with Gasteiger partial charge in [0, 0.05) is 31.6 Å². The number of nitrogens with zero attached hydrogens (tertiary/aromatic N) is 4. The number of aryl methyl sites for hydroxylation is 1. The van der Waals surface area contributed by atoms with Gasteiger partial charge in [-0.25, -0.2) is 9.97 Å². The Morgan fingerprint density at radius 3 is 3.12 bits per heavy atom. The Morgan fingerprint density at radius 2 is 2.25 bits per heavy atom. The molecule has 0 aromatic carbocycles. The van der Waals surface area contributed by atoms with Crippen LogP contribution in [-0.4, -0.2) is 19.1 Å². The fraction of sp³-hybridized carbons (Fsp3) is 0.333. The van der Waals surface area contributed by atoms with Crippen molar-refractivity contribution in [1.82, 2.24) is 19.1 Å². The minimum atomic E-state index is 0.476. The summed E-state index contributed by atoms with van der Waals surface area (Å²) in [6.07, 6.45) is 10.9. The van der Waals surface area contributed by atoms with Gasteiger partial charge in [-0.2, -0.15) is 0 Å². The highest BCUT2D eigenvalue weighted by molar-refractivity contribution is 5.58. The second-order valence-electron chi connectivity index (χ2n) is 4.27. The lowest BCUT2D eigenvalue weighted by molar-refractivity contribution is 0.693. The number of aromatic nitrogens is 4. The molecule has 4 nitrogen and oxygen atoms in total. The predicted molar refractivity (Wildman–Crippen MR) is 62.8 cm³/mol. The van der Waals surface area contributed by atoms with Crippen molar-refractivity contribution in [3.05, 3.63) is 30.5 Å². The van der Waals surface area contributed by atoms with Crippen LogP contribution in [0.5, 0.6) is 0 Å². The first kappa shape index (κ1) is 9.39. The highest BCUT2D eigenvalue weighted by atomic mass is 15.1. The Balaban J connectivity index is 2.29. The molecule has 0 bridgehead atoms. The number of allylic oxidation sites excluding steroid dienone is 1. The smallest absolute Gasteiger partial charge is 0.164 e. The number of fused-ring (bicyclic) bond motifs is 3. The van der Waals surface area contributed by atoms with Crippen LogP contribution >= 0.6 is 0 Å². The molecule has 0 spiro atoms. The third-order valence-corrected chi connectivity index (χ3v) is 3.09. The van der Waals surface area contributed by atoms with Gasteiger partial charge < -0.3 is 9.13 Å². The van der Waals surface area contributed by atoms with E-state index in [1.807, 2.05) is 30.3 Å². The van der Waals surface area contributed by atoms with E-state index in [0.717, 1.165) is 17.9 Å². The summed E-state index contributed by atoms with van der Waals surface area (Å²) in [5.74, 6) is 1.41. The van der Waals surface area contributed by atoms with Gasteiger partial charge in [-0.1, -0.05) is 13.0 Å². The Labute approximate surface area is 94.3 Å². The van der Waals surface area contributed by atoms with Gasteiger partial charge in [0.25, 0.3) is 0 Å². The molecular formula is C12H14N4. The summed E-state index contributed by atoms with van der Waals surface area (Å²) in [7, 11) is 2.04. The van der Waals surface area contributed by atoms with E-state index in [0.29, 0.717) is 5.92 Å². The van der Waals surface area contributed by atoms with E-state index in [1.165, 1.54) is 5.69 Å². The third-order valence-electron chi connectivity index (χ3n) is 3.09. The summed E-state index contributed by atoms with van der Waals surface area (Å²) in [4.78, 5) is 8.85. The summed E-state index contributed by atoms with van der Waals surface area (Å²) in [5, 5.41) is 0. The quantitative estimate of drug-likeness (QED) is 0.674. The first-order valence-electron chi connectivity index (χ1n) is 5.48. The largest absolute Gasteiger partial charge is 0.337 e. The van der Waals surface area contributed by atoms with Gasteiger partial charge in [0.15, 0.2) is 5.82 Å². The second-order valence-corrected chi connectivity index (χ2v) is 4.27. The normalized spacial score (nSPS) is 18.8. The molecule has 0 aliphatic carbocycles. The SMILES string of the molecule is CC1CC=Cn2ccnc2-c2ncn(C)c21. The van der Waals surface area contributed by atoms with Crippen molar-refractivity contribution in [2.45, 2.75) is 19.3 Å². The Hall–Kier alpha value is -1.84. The monoisotopic (exact) mass is 214 g/mol. The van der Waals surface area contributed by atoms with Crippen LogP contribution in [0.25, 0.3) is 17.7 Å². The standard InChI is InChI=1S/C12H14N4/c1-9-4-3-6-16-7-5-13-12(16)10-11(9)15(2)8-14-10/h3,5-9H,4H2,1-2H3. The van der Waals surface area contributed by atoms with Crippen LogP contribution in [0.3, 0.4) is 0 Å². The average molecular weight is 214 g/mol. The zero-order valence-corrected chi connectivity index (χ0v) is 9.46. The molecule has 1 atom stereocenters. The van der Waals surface area contributed by atoms with Crippen LogP contribution in [-0.2, 0) is 7.05 Å². The van der Waals surface area contributed by atoms with Gasteiger partial charge in [-0.3, -0.25) is 0 Å². The Kier molecular flexibility index (Phi) is 1.96. The first-order chi connectivity index (χ1) is 7.77. The molecule has 1 aliphatic heterocycles. The van der Waals surface area contributed by atoms with Gasteiger partial charge in [-0.05, 0) is 6.42 Å². The van der Waals surface area contributed by atoms with Crippen molar-refractivity contribution in [3.8, 4) is 11.5 Å². The van der Waals surface area contributed by atoms with Crippen molar-refractivity contribution in [2.24, 2.45) is 7.05 Å². The number of hydrogen-bond donors (Lipinski definition) is 0. The van der Waals surface area contributed by atoms with E-state index in [1.54, 1.807) is 0 Å². The van der Waals surface area contributed by atoms with E-state index in [9.17, 15) is 0 Å². The molecule has 0 saturated heterocycles.